The molecule has 6 amide bonds. The van der Waals surface area contributed by atoms with E-state index in [0.717, 1.165) is 18.2 Å². The molecule has 0 unspecified atom stereocenters. The van der Waals surface area contributed by atoms with Crippen molar-refractivity contribution in [2.75, 3.05) is 56.9 Å². The van der Waals surface area contributed by atoms with Crippen LogP contribution in [0.25, 0.3) is 0 Å². The molecule has 0 saturated heterocycles. The zero-order chi connectivity index (χ0) is 89.7. The molecule has 0 aromatic rings. The molecule has 6 rings (SSSR count). The number of amides is 6. The maximum atomic E-state index is 13.3. The first-order valence-electron chi connectivity index (χ1n) is 39.1. The highest BCUT2D eigenvalue weighted by Gasteiger charge is 2.39. The molecule has 3 heterocycles. The molecular weight excluding hydrogens is 1540 g/mol. The topological polar surface area (TPSA) is 481 Å². The van der Waals surface area contributed by atoms with E-state index in [0.29, 0.717) is 65.5 Å². The number of ether oxygens (including phenoxy) is 11. The number of hydrogen-bond acceptors (Lipinski definition) is 26. The van der Waals surface area contributed by atoms with E-state index in [2.05, 4.69) is 16.0 Å². The van der Waals surface area contributed by atoms with Gasteiger partial charge in [0.2, 0.25) is 28.9 Å². The standard InChI is InChI=1S/C29H42N2O9.C29H40N2O9.C29H40N2O8/c2*1-15-11-19-25(34)20(14-21(32)27(19)39-7)31-28(35)16(2)9-8-10-22(37-5)26(40-29(30)36)18(4)13-17(3)24(33)23(12-15)38-6;1-15-11-20-19(5)22(32)14-21(26(20)34)31-28(35)16(2)9-8-10-23(37-6)27(39-29(30)36)18(4)13-17(3)25(33)24(12-15)38-7/h9,13-15,17,22-24,26,33H,8,10-12H2,1-7H3,(H2,30,36)(H,31,35);8-10,13-15,17,22-24,26,33H,11-12H2,1-7H3,(H2,30,36)(H,31,35);8-10,13-15,17,23-25,27,33H,11-12H2,1-7H3,(H2,30,36)(H,31,35)/b16-9+,18-13+;2*10-8-,16-9+,18-13+/t2*15-,17+,22+,23+,24-,26+;15-,17+,23+,24+,25-,27+/m111/s1. The van der Waals surface area contributed by atoms with Crippen molar-refractivity contribution in [2.24, 2.45) is 52.7 Å². The van der Waals surface area contributed by atoms with Crippen molar-refractivity contribution >= 4 is 70.7 Å². The lowest BCUT2D eigenvalue weighted by Crippen LogP contribution is -2.37. The van der Waals surface area contributed by atoms with Crippen molar-refractivity contribution in [3.05, 3.63) is 163 Å². The SMILES string of the molecule is COC1=C2C[C@@H](C)C[C@H](OC)[C@H](O)[C@@H](C)/C=C(\C)[C@H](OC(N)=O)[C@@H](OC)/C=C\C=C(/C)C(=O)NC(=CC1=O)C2=O.COC1=C2C[C@@H](C)C[C@H](OC)[C@H](O)[C@@H](C)/C=C(\C)[C@H](OC(N)=O)[C@@H](OC)CC/C=C(\C)C(=O)NC(=CC1=O)C2=O.CO[C@H]1/C=C\C=C(/C)C(=O)NC2=CC(=O)C(C)=C(C[C@@H](C)C[C@H](OC)[C@H](O)[C@@H](C)/C=C(\C)[C@@H]1OC(N)=O)C2=O. The molecule has 0 fully saturated rings. The monoisotopic (exact) mass is 1670 g/mol. The Labute approximate surface area is 696 Å². The summed E-state index contributed by atoms with van der Waals surface area (Å²) in [6, 6.07) is 0. The summed E-state index contributed by atoms with van der Waals surface area (Å²) < 4.78 is 60.1. The Morgan fingerprint density at radius 2 is 0.706 bits per heavy atom. The first-order valence-corrected chi connectivity index (χ1v) is 39.1. The summed E-state index contributed by atoms with van der Waals surface area (Å²) in [5.41, 5.74) is 19.2. The normalized spacial score (nSPS) is 32.8. The molecule has 0 spiro atoms. The smallest absolute Gasteiger partial charge is 0.405 e. The van der Waals surface area contributed by atoms with Crippen LogP contribution in [0.4, 0.5) is 14.4 Å². The van der Waals surface area contributed by atoms with Crippen molar-refractivity contribution in [3.63, 3.8) is 0 Å². The number of aliphatic hydroxyl groups is 3. The first-order chi connectivity index (χ1) is 56.0. The lowest BCUT2D eigenvalue weighted by molar-refractivity contribution is -0.121. The van der Waals surface area contributed by atoms with Gasteiger partial charge in [-0.05, 0) is 134 Å². The number of allylic oxidation sites excluding steroid dienone is 12. The molecule has 0 aromatic heterocycles. The van der Waals surface area contributed by atoms with Gasteiger partial charge in [0.25, 0.3) is 17.7 Å². The summed E-state index contributed by atoms with van der Waals surface area (Å²) in [5, 5.41) is 41.1. The van der Waals surface area contributed by atoms with Crippen LogP contribution in [0.15, 0.2) is 163 Å². The Morgan fingerprint density at radius 3 is 1.03 bits per heavy atom. The highest BCUT2D eigenvalue weighted by molar-refractivity contribution is 6.25. The molecule has 0 radical (unpaired) electrons. The van der Waals surface area contributed by atoms with Gasteiger partial charge in [0.1, 0.15) is 12.2 Å². The van der Waals surface area contributed by atoms with Gasteiger partial charge in [-0.3, -0.25) is 43.2 Å². The van der Waals surface area contributed by atoms with Gasteiger partial charge in [0.15, 0.2) is 35.6 Å². The van der Waals surface area contributed by atoms with Crippen molar-refractivity contribution < 1.29 is 125 Å². The Balaban J connectivity index is 0.000000375. The van der Waals surface area contributed by atoms with E-state index >= 15 is 0 Å². The van der Waals surface area contributed by atoms with Gasteiger partial charge in [-0.15, -0.1) is 0 Å². The molecule has 6 bridgehead atoms. The summed E-state index contributed by atoms with van der Waals surface area (Å²) in [6.45, 7) is 22.6. The van der Waals surface area contributed by atoms with Gasteiger partial charge in [0, 0.05) is 118 Å². The average Bonchev–Trinajstić information content (AvgIpc) is 1.42. The molecule has 32 nitrogen and oxygen atoms in total. The van der Waals surface area contributed by atoms with Gasteiger partial charge < -0.3 is 101 Å². The van der Waals surface area contributed by atoms with Crippen LogP contribution in [0.1, 0.15) is 141 Å². The number of primary amides is 3. The van der Waals surface area contributed by atoms with Crippen LogP contribution in [0.3, 0.4) is 0 Å². The number of carbonyl (C=O) groups excluding carboxylic acids is 12. The number of carbonyl (C=O) groups is 12. The second-order valence-electron chi connectivity index (χ2n) is 30.7. The minimum atomic E-state index is -1.00. The van der Waals surface area contributed by atoms with Crippen LogP contribution in [-0.4, -0.2) is 216 Å². The summed E-state index contributed by atoms with van der Waals surface area (Å²) >= 11 is 0. The van der Waals surface area contributed by atoms with Gasteiger partial charge in [-0.2, -0.15) is 0 Å². The molecule has 6 aliphatic rings. The molecule has 119 heavy (non-hydrogen) atoms. The molecule has 32 heteroatoms. The Kier molecular flexibility index (Phi) is 41.0. The van der Waals surface area contributed by atoms with Crippen LogP contribution >= 0.6 is 0 Å². The quantitative estimate of drug-likeness (QED) is 0.0539. The van der Waals surface area contributed by atoms with E-state index in [4.69, 9.17) is 69.3 Å². The van der Waals surface area contributed by atoms with E-state index in [9.17, 15) is 72.9 Å². The molecule has 18 atom stereocenters. The van der Waals surface area contributed by atoms with Gasteiger partial charge in [-0.25, -0.2) is 14.4 Å². The van der Waals surface area contributed by atoms with Gasteiger partial charge in [-0.1, -0.05) is 102 Å². The highest BCUT2D eigenvalue weighted by atomic mass is 16.6. The number of rotatable bonds is 11. The second-order valence-corrected chi connectivity index (χ2v) is 30.7. The zero-order valence-corrected chi connectivity index (χ0v) is 72.0. The molecule has 0 aromatic carbocycles. The maximum absolute atomic E-state index is 13.3. The maximum Gasteiger partial charge on any atom is 0.405 e. The van der Waals surface area contributed by atoms with Crippen LogP contribution < -0.4 is 33.2 Å². The third-order valence-electron chi connectivity index (χ3n) is 21.3. The van der Waals surface area contributed by atoms with Crippen LogP contribution in [0.2, 0.25) is 0 Å². The number of hydrogen-bond donors (Lipinski definition) is 9. The third-order valence-corrected chi connectivity index (χ3v) is 21.3. The number of methoxy groups -OCH3 is 8. The summed E-state index contributed by atoms with van der Waals surface area (Å²) in [5.74, 6) is -6.52. The molecule has 12 N–H and O–H groups in total. The van der Waals surface area contributed by atoms with Crippen molar-refractivity contribution in [3.8, 4) is 0 Å². The Hall–Kier alpha value is -10.2. The summed E-state index contributed by atoms with van der Waals surface area (Å²) in [4.78, 5) is 152. The number of nitrogens with one attached hydrogen (secondary N) is 3. The van der Waals surface area contributed by atoms with E-state index in [1.807, 2.05) is 34.6 Å². The molecule has 3 aliphatic heterocycles. The minimum absolute atomic E-state index is 0.0689. The van der Waals surface area contributed by atoms with Crippen molar-refractivity contribution in [1.29, 1.82) is 0 Å². The average molecular weight is 1670 g/mol. The van der Waals surface area contributed by atoms with Crippen LogP contribution in [-0.2, 0) is 95.3 Å². The summed E-state index contributed by atoms with van der Waals surface area (Å²) in [6.07, 6.45) is 9.48. The predicted octanol–water partition coefficient (Wildman–Crippen LogP) is 7.87. The summed E-state index contributed by atoms with van der Waals surface area (Å²) in [7, 11) is 11.4. The second kappa shape index (κ2) is 48.2. The number of Topliss-reactive ketones (excluding diaryl/α,β-unsaturated/α-hetero) is 3. The van der Waals surface area contributed by atoms with E-state index in [1.165, 1.54) is 76.0 Å². The molecule has 0 saturated carbocycles. The van der Waals surface area contributed by atoms with Crippen LogP contribution in [0.5, 0.6) is 0 Å². The first kappa shape index (κ1) is 101. The predicted molar refractivity (Wildman–Crippen MR) is 438 cm³/mol. The molecular formula is C87H122N6O26. The lowest BCUT2D eigenvalue weighted by atomic mass is 9.84. The number of aliphatic hydroxyl groups excluding tert-OH is 3. The van der Waals surface area contributed by atoms with Crippen LogP contribution in [0, 0.1) is 35.5 Å². The van der Waals surface area contributed by atoms with Crippen molar-refractivity contribution in [1.82, 2.24) is 16.0 Å². The number of ketones is 6. The Morgan fingerprint density at radius 1 is 0.403 bits per heavy atom. The number of nitrogens with two attached hydrogens (primary N) is 3. The third kappa shape index (κ3) is 29.1. The fraction of sp³-hybridized carbons (Fsp3) is 0.540. The lowest BCUT2D eigenvalue weighted by Gasteiger charge is -2.30. The van der Waals surface area contributed by atoms with E-state index in [-0.39, 0.29) is 93.7 Å². The molecule has 3 aliphatic carbocycles. The van der Waals surface area contributed by atoms with Gasteiger partial charge in [0.05, 0.1) is 74.0 Å². The highest BCUT2D eigenvalue weighted by Crippen LogP contribution is 2.35. The minimum Gasteiger partial charge on any atom is -0.492 e. The fourth-order valence-electron chi connectivity index (χ4n) is 14.6. The van der Waals surface area contributed by atoms with E-state index < -0.39 is 156 Å². The van der Waals surface area contributed by atoms with Crippen molar-refractivity contribution in [2.45, 2.75) is 215 Å². The number of fused-ring (bicyclic) bond motifs is 6. The molecule has 656 valence electrons. The van der Waals surface area contributed by atoms with Gasteiger partial charge >= 0.3 is 18.3 Å². The fourth-order valence-corrected chi connectivity index (χ4v) is 14.6. The Bertz CT molecular complexity index is 4220. The zero-order valence-electron chi connectivity index (χ0n) is 72.0. The largest absolute Gasteiger partial charge is 0.492 e. The van der Waals surface area contributed by atoms with E-state index in [1.54, 1.807) is 97.1 Å².